The highest BCUT2D eigenvalue weighted by molar-refractivity contribution is 5.31. The highest BCUT2D eigenvalue weighted by atomic mass is 19.3. The zero-order valence-electron chi connectivity index (χ0n) is 13.3. The minimum Gasteiger partial charge on any atom is -0.491 e. The fraction of sp³-hybridized carbons (Fsp3) is 0.647. The van der Waals surface area contributed by atoms with Crippen molar-refractivity contribution in [1.29, 1.82) is 0 Å². The van der Waals surface area contributed by atoms with Gasteiger partial charge in [-0.3, -0.25) is 0 Å². The molecule has 0 saturated heterocycles. The van der Waals surface area contributed by atoms with Gasteiger partial charge in [0, 0.05) is 0 Å². The van der Waals surface area contributed by atoms with Gasteiger partial charge < -0.3 is 9.84 Å². The van der Waals surface area contributed by atoms with Gasteiger partial charge in [0.1, 0.15) is 5.75 Å². The maximum atomic E-state index is 13.0. The van der Waals surface area contributed by atoms with Gasteiger partial charge in [-0.2, -0.15) is 0 Å². The number of benzene rings is 1. The van der Waals surface area contributed by atoms with Gasteiger partial charge in [-0.15, -0.1) is 0 Å². The van der Waals surface area contributed by atoms with Gasteiger partial charge in [-0.25, -0.2) is 8.78 Å². The third-order valence-corrected chi connectivity index (χ3v) is 4.03. The molecule has 1 aromatic rings. The summed E-state index contributed by atoms with van der Waals surface area (Å²) in [4.78, 5) is 0. The molecule has 0 amide bonds. The van der Waals surface area contributed by atoms with Gasteiger partial charge in [-0.05, 0) is 37.5 Å². The van der Waals surface area contributed by atoms with Crippen LogP contribution in [0.15, 0.2) is 24.3 Å². The fourth-order valence-electron chi connectivity index (χ4n) is 2.36. The lowest BCUT2D eigenvalue weighted by Gasteiger charge is -2.34. The summed E-state index contributed by atoms with van der Waals surface area (Å²) in [6, 6.07) is 6.85. The summed E-state index contributed by atoms with van der Waals surface area (Å²) < 4.78 is 31.8. The summed E-state index contributed by atoms with van der Waals surface area (Å²) >= 11 is 0. The van der Waals surface area contributed by atoms with E-state index >= 15 is 0 Å². The predicted molar refractivity (Wildman–Crippen MR) is 80.8 cm³/mol. The van der Waals surface area contributed by atoms with Crippen LogP contribution in [0, 0.1) is 5.92 Å². The molecule has 0 saturated carbocycles. The molecule has 2 nitrogen and oxygen atoms in total. The molecule has 0 bridgehead atoms. The number of rotatable bonds is 8. The SMILES string of the molecule is CCCC(O)(c1ccc(OC(C)CC)cc1)C(C)C(F)F. The van der Waals surface area contributed by atoms with E-state index in [1.165, 1.54) is 6.92 Å². The van der Waals surface area contributed by atoms with Gasteiger partial charge in [0.25, 0.3) is 0 Å². The largest absolute Gasteiger partial charge is 0.491 e. The fourth-order valence-corrected chi connectivity index (χ4v) is 2.36. The summed E-state index contributed by atoms with van der Waals surface area (Å²) in [5, 5.41) is 10.7. The molecule has 3 atom stereocenters. The van der Waals surface area contributed by atoms with E-state index in [2.05, 4.69) is 0 Å². The van der Waals surface area contributed by atoms with Crippen molar-refractivity contribution in [2.24, 2.45) is 5.92 Å². The average Bonchev–Trinajstić information content (AvgIpc) is 2.47. The molecule has 0 heterocycles. The Kier molecular flexibility index (Phi) is 6.59. The van der Waals surface area contributed by atoms with E-state index in [4.69, 9.17) is 4.74 Å². The van der Waals surface area contributed by atoms with Crippen molar-refractivity contribution in [3.63, 3.8) is 0 Å². The monoisotopic (exact) mass is 300 g/mol. The standard InChI is InChI=1S/C17H26F2O2/c1-5-11-17(20,13(4)16(18)19)14-7-9-15(10-8-14)21-12(3)6-2/h7-10,12-13,16,20H,5-6,11H2,1-4H3. The first-order valence-corrected chi connectivity index (χ1v) is 7.62. The normalized spacial score (nSPS) is 17.3. The van der Waals surface area contributed by atoms with Gasteiger partial charge in [0.15, 0.2) is 0 Å². The first-order chi connectivity index (χ1) is 9.85. The highest BCUT2D eigenvalue weighted by Crippen LogP contribution is 2.38. The Morgan fingerprint density at radius 1 is 1.14 bits per heavy atom. The lowest BCUT2D eigenvalue weighted by Crippen LogP contribution is -2.37. The Morgan fingerprint density at radius 2 is 1.71 bits per heavy atom. The Bertz CT molecular complexity index is 419. The molecule has 1 N–H and O–H groups in total. The zero-order valence-corrected chi connectivity index (χ0v) is 13.3. The molecule has 0 aliphatic rings. The molecule has 120 valence electrons. The van der Waals surface area contributed by atoms with E-state index < -0.39 is 17.9 Å². The third kappa shape index (κ3) is 4.40. The second-order valence-electron chi connectivity index (χ2n) is 5.66. The lowest BCUT2D eigenvalue weighted by molar-refractivity contribution is -0.0879. The van der Waals surface area contributed by atoms with Crippen molar-refractivity contribution in [2.45, 2.75) is 65.1 Å². The van der Waals surface area contributed by atoms with Crippen LogP contribution >= 0.6 is 0 Å². The molecule has 3 unspecified atom stereocenters. The first-order valence-electron chi connectivity index (χ1n) is 7.62. The van der Waals surface area contributed by atoms with Crippen LogP contribution in [0.4, 0.5) is 8.78 Å². The summed E-state index contributed by atoms with van der Waals surface area (Å²) in [6.45, 7) is 7.27. The quantitative estimate of drug-likeness (QED) is 0.750. The van der Waals surface area contributed by atoms with Crippen LogP contribution in [0.1, 0.15) is 52.5 Å². The Labute approximate surface area is 126 Å². The minimum atomic E-state index is -2.56. The third-order valence-electron chi connectivity index (χ3n) is 4.03. The molecule has 21 heavy (non-hydrogen) atoms. The van der Waals surface area contributed by atoms with Crippen LogP contribution in [0.2, 0.25) is 0 Å². The number of hydrogen-bond acceptors (Lipinski definition) is 2. The number of alkyl halides is 2. The van der Waals surface area contributed by atoms with Crippen LogP contribution in [-0.2, 0) is 5.60 Å². The highest BCUT2D eigenvalue weighted by Gasteiger charge is 2.39. The van der Waals surface area contributed by atoms with E-state index in [0.717, 1.165) is 6.42 Å². The van der Waals surface area contributed by atoms with Crippen molar-refractivity contribution < 1.29 is 18.6 Å². The van der Waals surface area contributed by atoms with Gasteiger partial charge in [0.2, 0.25) is 6.43 Å². The maximum absolute atomic E-state index is 13.0. The molecule has 0 fully saturated rings. The minimum absolute atomic E-state index is 0.102. The molecular weight excluding hydrogens is 274 g/mol. The van der Waals surface area contributed by atoms with E-state index in [0.29, 0.717) is 24.2 Å². The molecule has 0 aromatic heterocycles. The zero-order chi connectivity index (χ0) is 16.0. The number of hydrogen-bond donors (Lipinski definition) is 1. The van der Waals surface area contributed by atoms with Gasteiger partial charge in [0.05, 0.1) is 17.6 Å². The number of aliphatic hydroxyl groups is 1. The summed E-state index contributed by atoms with van der Waals surface area (Å²) in [6.07, 6.45) is -0.616. The summed E-state index contributed by atoms with van der Waals surface area (Å²) in [7, 11) is 0. The molecule has 1 aromatic carbocycles. The van der Waals surface area contributed by atoms with Crippen LogP contribution in [-0.4, -0.2) is 17.6 Å². The summed E-state index contributed by atoms with van der Waals surface area (Å²) in [5.41, 5.74) is -0.980. The topological polar surface area (TPSA) is 29.5 Å². The lowest BCUT2D eigenvalue weighted by atomic mass is 9.79. The first kappa shape index (κ1) is 17.9. The van der Waals surface area contributed by atoms with Crippen molar-refractivity contribution in [2.75, 3.05) is 0 Å². The van der Waals surface area contributed by atoms with Crippen molar-refractivity contribution >= 4 is 0 Å². The summed E-state index contributed by atoms with van der Waals surface area (Å²) in [5.74, 6) is -0.421. The number of halogens is 2. The van der Waals surface area contributed by atoms with Crippen LogP contribution in [0.3, 0.4) is 0 Å². The average molecular weight is 300 g/mol. The molecule has 0 radical (unpaired) electrons. The van der Waals surface area contributed by atoms with E-state index in [1.807, 2.05) is 20.8 Å². The van der Waals surface area contributed by atoms with E-state index in [1.54, 1.807) is 24.3 Å². The molecule has 0 aliphatic heterocycles. The molecule has 0 spiro atoms. The Balaban J connectivity index is 2.99. The molecule has 0 aliphatic carbocycles. The maximum Gasteiger partial charge on any atom is 0.244 e. The second-order valence-corrected chi connectivity index (χ2v) is 5.66. The van der Waals surface area contributed by atoms with Crippen LogP contribution in [0.5, 0.6) is 5.75 Å². The van der Waals surface area contributed by atoms with Crippen molar-refractivity contribution in [1.82, 2.24) is 0 Å². The molecule has 1 rings (SSSR count). The molecule has 4 heteroatoms. The van der Waals surface area contributed by atoms with Crippen molar-refractivity contribution in [3.05, 3.63) is 29.8 Å². The smallest absolute Gasteiger partial charge is 0.244 e. The Morgan fingerprint density at radius 3 is 2.14 bits per heavy atom. The number of ether oxygens (including phenoxy) is 1. The molecular formula is C17H26F2O2. The van der Waals surface area contributed by atoms with Crippen LogP contribution in [0.25, 0.3) is 0 Å². The van der Waals surface area contributed by atoms with Gasteiger partial charge in [-0.1, -0.05) is 39.3 Å². The van der Waals surface area contributed by atoms with E-state index in [-0.39, 0.29) is 6.10 Å². The van der Waals surface area contributed by atoms with Gasteiger partial charge >= 0.3 is 0 Å². The van der Waals surface area contributed by atoms with Crippen molar-refractivity contribution in [3.8, 4) is 5.75 Å². The van der Waals surface area contributed by atoms with E-state index in [9.17, 15) is 13.9 Å². The van der Waals surface area contributed by atoms with Crippen LogP contribution < -0.4 is 4.74 Å². The second kappa shape index (κ2) is 7.74. The predicted octanol–water partition coefficient (Wildman–Crippen LogP) is 4.75. The Hall–Kier alpha value is -1.16.